The normalized spacial score (nSPS) is 14.9. The molecule has 1 saturated carbocycles. The summed E-state index contributed by atoms with van der Waals surface area (Å²) in [4.78, 5) is 18.1. The Hall–Kier alpha value is -2.06. The summed E-state index contributed by atoms with van der Waals surface area (Å²) in [6.07, 6.45) is -2.47. The molecule has 1 heterocycles. The highest BCUT2D eigenvalue weighted by molar-refractivity contribution is 5.77. The average molecular weight is 289 g/mol. The summed E-state index contributed by atoms with van der Waals surface area (Å²) < 4.78 is 37.5. The maximum absolute atomic E-state index is 12.5. The third kappa shape index (κ3) is 4.25. The Morgan fingerprint density at radius 3 is 2.70 bits per heavy atom. The van der Waals surface area contributed by atoms with E-state index in [-0.39, 0.29) is 30.7 Å². The highest BCUT2D eigenvalue weighted by Crippen LogP contribution is 2.29. The first-order chi connectivity index (χ1) is 9.34. The number of alkyl halides is 3. The van der Waals surface area contributed by atoms with E-state index in [0.717, 1.165) is 18.9 Å². The number of halogens is 3. The van der Waals surface area contributed by atoms with Gasteiger partial charge in [0.25, 0.3) is 0 Å². The molecule has 0 aromatic carbocycles. The van der Waals surface area contributed by atoms with Gasteiger partial charge in [-0.3, -0.25) is 4.79 Å². The molecule has 0 atom stereocenters. The largest absolute Gasteiger partial charge is 0.433 e. The number of nitrogens with zero attached hydrogens (tertiary/aromatic N) is 2. The van der Waals surface area contributed by atoms with Crippen LogP contribution in [0.4, 0.5) is 24.9 Å². The lowest BCUT2D eigenvalue weighted by atomic mass is 10.3. The smallest absolute Gasteiger partial charge is 0.369 e. The van der Waals surface area contributed by atoms with Crippen LogP contribution in [0.15, 0.2) is 6.07 Å². The Balaban J connectivity index is 1.88. The van der Waals surface area contributed by atoms with Crippen LogP contribution in [0, 0.1) is 0 Å². The van der Waals surface area contributed by atoms with E-state index in [0.29, 0.717) is 0 Å². The Labute approximate surface area is 113 Å². The minimum absolute atomic E-state index is 0.0518. The second kappa shape index (κ2) is 5.51. The first-order valence-corrected chi connectivity index (χ1v) is 6.09. The highest BCUT2D eigenvalue weighted by atomic mass is 19.4. The van der Waals surface area contributed by atoms with E-state index in [4.69, 9.17) is 5.73 Å². The minimum atomic E-state index is -4.59. The summed E-state index contributed by atoms with van der Waals surface area (Å²) in [7, 11) is 0. The molecule has 0 bridgehead atoms. The molecule has 1 amide bonds. The lowest BCUT2D eigenvalue weighted by molar-refractivity contribution is -0.141. The fourth-order valence-corrected chi connectivity index (χ4v) is 1.53. The van der Waals surface area contributed by atoms with E-state index in [1.807, 2.05) is 0 Å². The summed E-state index contributed by atoms with van der Waals surface area (Å²) in [6.45, 7) is 0.173. The van der Waals surface area contributed by atoms with Crippen molar-refractivity contribution in [2.45, 2.75) is 31.5 Å². The quantitative estimate of drug-likeness (QED) is 0.756. The first kappa shape index (κ1) is 14.4. The first-order valence-electron chi connectivity index (χ1n) is 6.09. The van der Waals surface area contributed by atoms with Gasteiger partial charge < -0.3 is 16.4 Å². The third-order valence-corrected chi connectivity index (χ3v) is 2.63. The van der Waals surface area contributed by atoms with Crippen molar-refractivity contribution >= 4 is 17.7 Å². The summed E-state index contributed by atoms with van der Waals surface area (Å²) in [6, 6.07) is 1.02. The summed E-state index contributed by atoms with van der Waals surface area (Å²) in [5, 5.41) is 5.40. The lowest BCUT2D eigenvalue weighted by Gasteiger charge is -2.10. The molecule has 1 aliphatic carbocycles. The number of rotatable bonds is 5. The maximum atomic E-state index is 12.5. The van der Waals surface area contributed by atoms with Crippen LogP contribution in [0.3, 0.4) is 0 Å². The zero-order valence-electron chi connectivity index (χ0n) is 10.5. The topological polar surface area (TPSA) is 92.9 Å². The fraction of sp³-hybridized carbons (Fsp3) is 0.545. The molecule has 2 rings (SSSR count). The Bertz CT molecular complexity index is 501. The molecule has 20 heavy (non-hydrogen) atoms. The fourth-order valence-electron chi connectivity index (χ4n) is 1.53. The molecule has 6 nitrogen and oxygen atoms in total. The van der Waals surface area contributed by atoms with E-state index >= 15 is 0 Å². The predicted octanol–water partition coefficient (Wildman–Crippen LogP) is 1.16. The zero-order valence-corrected chi connectivity index (χ0v) is 10.5. The van der Waals surface area contributed by atoms with Gasteiger partial charge in [-0.1, -0.05) is 0 Å². The molecule has 1 aliphatic rings. The molecule has 0 spiro atoms. The number of hydrogen-bond donors (Lipinski definition) is 3. The van der Waals surface area contributed by atoms with E-state index in [9.17, 15) is 18.0 Å². The van der Waals surface area contributed by atoms with Gasteiger partial charge >= 0.3 is 6.18 Å². The highest BCUT2D eigenvalue weighted by Gasteiger charge is 2.33. The molecule has 0 saturated heterocycles. The van der Waals surface area contributed by atoms with Gasteiger partial charge in [0.2, 0.25) is 11.9 Å². The van der Waals surface area contributed by atoms with Crippen molar-refractivity contribution in [2.75, 3.05) is 17.6 Å². The molecular formula is C11H14F3N5O. The van der Waals surface area contributed by atoms with Crippen LogP contribution in [0.1, 0.15) is 25.0 Å². The van der Waals surface area contributed by atoms with Crippen molar-refractivity contribution in [3.63, 3.8) is 0 Å². The van der Waals surface area contributed by atoms with Gasteiger partial charge in [0, 0.05) is 25.1 Å². The van der Waals surface area contributed by atoms with Crippen LogP contribution in [0.2, 0.25) is 0 Å². The zero-order chi connectivity index (χ0) is 14.8. The third-order valence-electron chi connectivity index (χ3n) is 2.63. The van der Waals surface area contributed by atoms with Crippen molar-refractivity contribution < 1.29 is 18.0 Å². The Kier molecular flexibility index (Phi) is 3.96. The molecule has 0 unspecified atom stereocenters. The number of hydrogen-bond acceptors (Lipinski definition) is 5. The second-order valence-electron chi connectivity index (χ2n) is 4.51. The summed E-state index contributed by atoms with van der Waals surface area (Å²) in [5.74, 6) is -0.660. The molecule has 4 N–H and O–H groups in total. The van der Waals surface area contributed by atoms with E-state index in [2.05, 4.69) is 20.6 Å². The number of nitrogens with one attached hydrogen (secondary N) is 2. The van der Waals surface area contributed by atoms with Crippen LogP contribution in [-0.4, -0.2) is 28.5 Å². The van der Waals surface area contributed by atoms with Crippen LogP contribution < -0.4 is 16.4 Å². The van der Waals surface area contributed by atoms with E-state index in [1.54, 1.807) is 0 Å². The SMILES string of the molecule is Nc1nc(NCCC(=O)NC2CC2)cc(C(F)(F)F)n1. The molecular weight excluding hydrogens is 275 g/mol. The van der Waals surface area contributed by atoms with Gasteiger partial charge in [-0.2, -0.15) is 18.2 Å². The van der Waals surface area contributed by atoms with Gasteiger partial charge in [-0.05, 0) is 12.8 Å². The molecule has 110 valence electrons. The second-order valence-corrected chi connectivity index (χ2v) is 4.51. The van der Waals surface area contributed by atoms with Crippen LogP contribution >= 0.6 is 0 Å². The number of carbonyl (C=O) groups is 1. The van der Waals surface area contributed by atoms with Gasteiger partial charge in [-0.25, -0.2) is 4.98 Å². The number of aromatic nitrogens is 2. The van der Waals surface area contributed by atoms with Crippen LogP contribution in [-0.2, 0) is 11.0 Å². The van der Waals surface area contributed by atoms with Gasteiger partial charge in [0.1, 0.15) is 5.82 Å². The van der Waals surface area contributed by atoms with Crippen molar-refractivity contribution in [3.8, 4) is 0 Å². The monoisotopic (exact) mass is 289 g/mol. The number of amides is 1. The molecule has 1 aromatic rings. The molecule has 0 radical (unpaired) electrons. The lowest BCUT2D eigenvalue weighted by Crippen LogP contribution is -2.27. The Morgan fingerprint density at radius 2 is 2.10 bits per heavy atom. The van der Waals surface area contributed by atoms with Crippen LogP contribution in [0.25, 0.3) is 0 Å². The van der Waals surface area contributed by atoms with Crippen molar-refractivity contribution in [1.82, 2.24) is 15.3 Å². The van der Waals surface area contributed by atoms with Gasteiger partial charge in [0.05, 0.1) is 0 Å². The van der Waals surface area contributed by atoms with Crippen molar-refractivity contribution in [2.24, 2.45) is 0 Å². The summed E-state index contributed by atoms with van der Waals surface area (Å²) >= 11 is 0. The number of anilines is 2. The maximum Gasteiger partial charge on any atom is 0.433 e. The molecule has 1 aromatic heterocycles. The molecule has 1 fully saturated rings. The number of nitrogen functional groups attached to an aromatic ring is 1. The molecule has 9 heteroatoms. The van der Waals surface area contributed by atoms with E-state index in [1.165, 1.54) is 0 Å². The van der Waals surface area contributed by atoms with Gasteiger partial charge in [0.15, 0.2) is 5.69 Å². The Morgan fingerprint density at radius 1 is 1.40 bits per heavy atom. The van der Waals surface area contributed by atoms with Crippen LogP contribution in [0.5, 0.6) is 0 Å². The predicted molar refractivity (Wildman–Crippen MR) is 65.7 cm³/mol. The van der Waals surface area contributed by atoms with Gasteiger partial charge in [-0.15, -0.1) is 0 Å². The number of carbonyl (C=O) groups excluding carboxylic acids is 1. The standard InChI is InChI=1S/C11H14F3N5O/c12-11(13,14)7-5-8(19-10(15)18-7)16-4-3-9(20)17-6-1-2-6/h5-6H,1-4H2,(H,17,20)(H3,15,16,18,19). The number of nitrogens with two attached hydrogens (primary N) is 1. The van der Waals surface area contributed by atoms with Crippen molar-refractivity contribution in [3.05, 3.63) is 11.8 Å². The molecule has 0 aliphatic heterocycles. The average Bonchev–Trinajstić information content (AvgIpc) is 3.11. The van der Waals surface area contributed by atoms with E-state index < -0.39 is 17.8 Å². The minimum Gasteiger partial charge on any atom is -0.369 e. The summed E-state index contributed by atoms with van der Waals surface area (Å²) in [5.41, 5.74) is 4.10. The van der Waals surface area contributed by atoms with Crippen molar-refractivity contribution in [1.29, 1.82) is 0 Å².